The van der Waals surface area contributed by atoms with Crippen LogP contribution in [0.2, 0.25) is 0 Å². The molecule has 0 aliphatic heterocycles. The maximum atomic E-state index is 12.1. The van der Waals surface area contributed by atoms with Gasteiger partial charge >= 0.3 is 0 Å². The highest BCUT2D eigenvalue weighted by molar-refractivity contribution is 7.80. The number of carbonyl (C=O) groups is 1. The molecule has 0 bridgehead atoms. The molecular weight excluding hydrogens is 302 g/mol. The lowest BCUT2D eigenvalue weighted by molar-refractivity contribution is -0.385. The van der Waals surface area contributed by atoms with E-state index in [1.54, 1.807) is 6.92 Å². The Bertz CT molecular complexity index is 732. The van der Waals surface area contributed by atoms with E-state index in [4.69, 9.17) is 12.2 Å². The van der Waals surface area contributed by atoms with Gasteiger partial charge in [-0.15, -0.1) is 0 Å². The third kappa shape index (κ3) is 3.86. The van der Waals surface area contributed by atoms with Crippen LogP contribution in [0.1, 0.15) is 15.9 Å². The number of anilines is 1. The Labute approximate surface area is 132 Å². The van der Waals surface area contributed by atoms with Gasteiger partial charge in [0.25, 0.3) is 11.6 Å². The molecule has 0 aliphatic carbocycles. The number of aryl methyl sites for hydroxylation is 1. The first-order chi connectivity index (χ1) is 10.5. The van der Waals surface area contributed by atoms with Gasteiger partial charge in [0.15, 0.2) is 5.11 Å². The fourth-order valence-corrected chi connectivity index (χ4v) is 2.07. The Morgan fingerprint density at radius 1 is 1.18 bits per heavy atom. The predicted octanol–water partition coefficient (Wildman–Crippen LogP) is 3.03. The maximum Gasteiger partial charge on any atom is 0.272 e. The standard InChI is InChI=1S/C15H13N3O3S/c1-10-9-11(7-8-13(10)18(20)21)14(19)17-15(22)16-12-5-3-2-4-6-12/h2-9H,1H3,(H2,16,17,19,22). The molecule has 22 heavy (non-hydrogen) atoms. The van der Waals surface area contributed by atoms with Gasteiger partial charge in [-0.2, -0.15) is 0 Å². The molecule has 0 saturated carbocycles. The lowest BCUT2D eigenvalue weighted by Crippen LogP contribution is -2.34. The number of hydrogen-bond acceptors (Lipinski definition) is 4. The van der Waals surface area contributed by atoms with Crippen LogP contribution in [0.5, 0.6) is 0 Å². The van der Waals surface area contributed by atoms with Crippen LogP contribution in [0.4, 0.5) is 11.4 Å². The third-order valence-corrected chi connectivity index (χ3v) is 3.12. The van der Waals surface area contributed by atoms with E-state index in [0.29, 0.717) is 11.1 Å². The van der Waals surface area contributed by atoms with Gasteiger partial charge in [0.2, 0.25) is 0 Å². The Balaban J connectivity index is 2.04. The molecule has 2 N–H and O–H groups in total. The van der Waals surface area contributed by atoms with E-state index >= 15 is 0 Å². The number of amides is 1. The number of nitro benzene ring substituents is 1. The Morgan fingerprint density at radius 3 is 2.45 bits per heavy atom. The molecule has 0 saturated heterocycles. The van der Waals surface area contributed by atoms with E-state index < -0.39 is 10.8 Å². The van der Waals surface area contributed by atoms with Gasteiger partial charge in [-0.3, -0.25) is 20.2 Å². The minimum absolute atomic E-state index is 0.0264. The highest BCUT2D eigenvalue weighted by Crippen LogP contribution is 2.18. The summed E-state index contributed by atoms with van der Waals surface area (Å²) in [5.41, 5.74) is 1.45. The van der Waals surface area contributed by atoms with E-state index in [-0.39, 0.29) is 10.8 Å². The van der Waals surface area contributed by atoms with Crippen LogP contribution >= 0.6 is 12.2 Å². The molecule has 2 aromatic rings. The minimum atomic E-state index is -0.487. The lowest BCUT2D eigenvalue weighted by Gasteiger charge is -2.09. The van der Waals surface area contributed by atoms with Gasteiger partial charge in [0.05, 0.1) is 4.92 Å². The van der Waals surface area contributed by atoms with Crippen molar-refractivity contribution in [3.63, 3.8) is 0 Å². The van der Waals surface area contributed by atoms with Gasteiger partial charge in [0.1, 0.15) is 0 Å². The van der Waals surface area contributed by atoms with Crippen molar-refractivity contribution in [2.75, 3.05) is 5.32 Å². The van der Waals surface area contributed by atoms with Crippen molar-refractivity contribution in [1.82, 2.24) is 5.32 Å². The zero-order valence-corrected chi connectivity index (χ0v) is 12.5. The summed E-state index contributed by atoms with van der Waals surface area (Å²) < 4.78 is 0. The van der Waals surface area contributed by atoms with Crippen LogP contribution in [-0.2, 0) is 0 Å². The summed E-state index contributed by atoms with van der Waals surface area (Å²) in [4.78, 5) is 22.3. The monoisotopic (exact) mass is 315 g/mol. The molecule has 0 radical (unpaired) electrons. The Kier molecular flexibility index (Phi) is 4.80. The van der Waals surface area contributed by atoms with Gasteiger partial charge < -0.3 is 5.32 Å². The first-order valence-electron chi connectivity index (χ1n) is 6.40. The SMILES string of the molecule is Cc1cc(C(=O)NC(=S)Nc2ccccc2)ccc1[N+](=O)[O-]. The molecule has 0 heterocycles. The summed E-state index contributed by atoms with van der Waals surface area (Å²) in [6.45, 7) is 1.58. The van der Waals surface area contributed by atoms with Gasteiger partial charge in [0, 0.05) is 22.9 Å². The van der Waals surface area contributed by atoms with Crippen molar-refractivity contribution < 1.29 is 9.72 Å². The molecule has 0 aliphatic rings. The summed E-state index contributed by atoms with van der Waals surface area (Å²) in [5, 5.41) is 16.3. The summed E-state index contributed by atoms with van der Waals surface area (Å²) in [6.07, 6.45) is 0. The molecule has 1 amide bonds. The maximum absolute atomic E-state index is 12.1. The second kappa shape index (κ2) is 6.77. The highest BCUT2D eigenvalue weighted by atomic mass is 32.1. The van der Waals surface area contributed by atoms with Gasteiger partial charge in [-0.1, -0.05) is 18.2 Å². The zero-order valence-electron chi connectivity index (χ0n) is 11.7. The fourth-order valence-electron chi connectivity index (χ4n) is 1.86. The average Bonchev–Trinajstić information content (AvgIpc) is 2.47. The molecule has 2 aromatic carbocycles. The van der Waals surface area contributed by atoms with Gasteiger partial charge in [-0.05, 0) is 43.4 Å². The predicted molar refractivity (Wildman–Crippen MR) is 88.0 cm³/mol. The van der Waals surface area contributed by atoms with Crippen molar-refractivity contribution in [3.05, 3.63) is 69.8 Å². The molecular formula is C15H13N3O3S. The van der Waals surface area contributed by atoms with E-state index in [2.05, 4.69) is 10.6 Å². The molecule has 0 aromatic heterocycles. The quantitative estimate of drug-likeness (QED) is 0.517. The second-order valence-corrected chi connectivity index (χ2v) is 4.94. The van der Waals surface area contributed by atoms with Crippen LogP contribution in [0.3, 0.4) is 0 Å². The third-order valence-electron chi connectivity index (χ3n) is 2.91. The second-order valence-electron chi connectivity index (χ2n) is 4.53. The largest absolute Gasteiger partial charge is 0.332 e. The van der Waals surface area contributed by atoms with E-state index in [9.17, 15) is 14.9 Å². The molecule has 0 atom stereocenters. The number of hydrogen-bond donors (Lipinski definition) is 2. The Morgan fingerprint density at radius 2 is 1.86 bits per heavy atom. The zero-order chi connectivity index (χ0) is 16.1. The highest BCUT2D eigenvalue weighted by Gasteiger charge is 2.14. The van der Waals surface area contributed by atoms with Crippen molar-refractivity contribution >= 4 is 34.6 Å². The molecule has 0 unspecified atom stereocenters. The minimum Gasteiger partial charge on any atom is -0.332 e. The van der Waals surface area contributed by atoms with Crippen LogP contribution in [0, 0.1) is 17.0 Å². The number of benzene rings is 2. The normalized spacial score (nSPS) is 9.86. The molecule has 0 fully saturated rings. The number of nitro groups is 1. The first-order valence-corrected chi connectivity index (χ1v) is 6.80. The van der Waals surface area contributed by atoms with Crippen molar-refractivity contribution in [1.29, 1.82) is 0 Å². The number of rotatable bonds is 3. The Hall–Kier alpha value is -2.80. The number of thiocarbonyl (C=S) groups is 1. The summed E-state index contributed by atoms with van der Waals surface area (Å²) in [6, 6.07) is 13.3. The summed E-state index contributed by atoms with van der Waals surface area (Å²) in [5.74, 6) is -0.425. The average molecular weight is 315 g/mol. The summed E-state index contributed by atoms with van der Waals surface area (Å²) >= 11 is 5.06. The first kappa shape index (κ1) is 15.6. The van der Waals surface area contributed by atoms with Crippen molar-refractivity contribution in [3.8, 4) is 0 Å². The van der Waals surface area contributed by atoms with Crippen molar-refractivity contribution in [2.45, 2.75) is 6.92 Å². The molecule has 2 rings (SSSR count). The number of para-hydroxylation sites is 1. The number of nitrogens with zero attached hydrogens (tertiary/aromatic N) is 1. The van der Waals surface area contributed by atoms with Crippen LogP contribution in [0.15, 0.2) is 48.5 Å². The van der Waals surface area contributed by atoms with Crippen LogP contribution in [-0.4, -0.2) is 15.9 Å². The number of carbonyl (C=O) groups excluding carboxylic acids is 1. The van der Waals surface area contributed by atoms with Crippen LogP contribution < -0.4 is 10.6 Å². The topological polar surface area (TPSA) is 84.3 Å². The smallest absolute Gasteiger partial charge is 0.272 e. The number of nitrogens with one attached hydrogen (secondary N) is 2. The molecule has 0 spiro atoms. The molecule has 6 nitrogen and oxygen atoms in total. The van der Waals surface area contributed by atoms with Crippen LogP contribution in [0.25, 0.3) is 0 Å². The van der Waals surface area contributed by atoms with E-state index in [1.807, 2.05) is 30.3 Å². The summed E-state index contributed by atoms with van der Waals surface area (Å²) in [7, 11) is 0. The fraction of sp³-hybridized carbons (Fsp3) is 0.0667. The lowest BCUT2D eigenvalue weighted by atomic mass is 10.1. The van der Waals surface area contributed by atoms with Crippen molar-refractivity contribution in [2.24, 2.45) is 0 Å². The molecule has 112 valence electrons. The van der Waals surface area contributed by atoms with E-state index in [1.165, 1.54) is 18.2 Å². The molecule has 7 heteroatoms. The van der Waals surface area contributed by atoms with E-state index in [0.717, 1.165) is 5.69 Å². The van der Waals surface area contributed by atoms with Gasteiger partial charge in [-0.25, -0.2) is 0 Å².